The van der Waals surface area contributed by atoms with Gasteiger partial charge < -0.3 is 15.5 Å². The first-order valence-corrected chi connectivity index (χ1v) is 7.34. The van der Waals surface area contributed by atoms with Crippen LogP contribution in [0.1, 0.15) is 43.2 Å². The highest BCUT2D eigenvalue weighted by atomic mass is 16.3. The number of aryl methyl sites for hydroxylation is 1. The fourth-order valence-corrected chi connectivity index (χ4v) is 2.98. The molecule has 0 heterocycles. The largest absolute Gasteiger partial charge is 0.507 e. The van der Waals surface area contributed by atoms with E-state index >= 15 is 0 Å². The molecule has 0 spiro atoms. The molecule has 1 aliphatic rings. The molecule has 0 amide bonds. The van der Waals surface area contributed by atoms with Crippen molar-refractivity contribution in [2.75, 3.05) is 6.61 Å². The normalized spacial score (nSPS) is 24.1. The van der Waals surface area contributed by atoms with Crippen LogP contribution in [-0.2, 0) is 6.54 Å². The van der Waals surface area contributed by atoms with Gasteiger partial charge in [0.1, 0.15) is 5.75 Å². The Morgan fingerprint density at radius 2 is 2.00 bits per heavy atom. The number of benzene rings is 1. The fraction of sp³-hybridized carbons (Fsp3) is 0.625. The van der Waals surface area contributed by atoms with E-state index < -0.39 is 0 Å². The molecule has 3 nitrogen and oxygen atoms in total. The Bertz CT molecular complexity index is 406. The van der Waals surface area contributed by atoms with Crippen molar-refractivity contribution >= 4 is 0 Å². The molecule has 1 fully saturated rings. The van der Waals surface area contributed by atoms with Crippen molar-refractivity contribution in [1.29, 1.82) is 0 Å². The van der Waals surface area contributed by atoms with Gasteiger partial charge in [0.25, 0.3) is 0 Å². The summed E-state index contributed by atoms with van der Waals surface area (Å²) in [7, 11) is 0. The summed E-state index contributed by atoms with van der Waals surface area (Å²) >= 11 is 0. The lowest BCUT2D eigenvalue weighted by Gasteiger charge is -2.25. The SMILES string of the molecule is Cc1cccc(CNC2CCCCCC2CO)c1O. The predicted molar refractivity (Wildman–Crippen MR) is 77.1 cm³/mol. The highest BCUT2D eigenvalue weighted by molar-refractivity contribution is 5.39. The lowest BCUT2D eigenvalue weighted by Crippen LogP contribution is -2.36. The van der Waals surface area contributed by atoms with Gasteiger partial charge in [0.15, 0.2) is 0 Å². The molecule has 1 aliphatic carbocycles. The molecule has 3 heteroatoms. The van der Waals surface area contributed by atoms with Gasteiger partial charge in [0, 0.05) is 24.8 Å². The lowest BCUT2D eigenvalue weighted by molar-refractivity contribution is 0.181. The van der Waals surface area contributed by atoms with E-state index in [2.05, 4.69) is 5.32 Å². The Hall–Kier alpha value is -1.06. The molecule has 3 N–H and O–H groups in total. The first-order valence-electron chi connectivity index (χ1n) is 7.34. The molecule has 2 unspecified atom stereocenters. The highest BCUT2D eigenvalue weighted by Gasteiger charge is 2.22. The summed E-state index contributed by atoms with van der Waals surface area (Å²) in [6.07, 6.45) is 5.95. The van der Waals surface area contributed by atoms with Gasteiger partial charge in [-0.05, 0) is 31.2 Å². The van der Waals surface area contributed by atoms with Gasteiger partial charge in [-0.1, -0.05) is 37.5 Å². The van der Waals surface area contributed by atoms with E-state index in [0.717, 1.165) is 24.0 Å². The van der Waals surface area contributed by atoms with Crippen molar-refractivity contribution in [3.63, 3.8) is 0 Å². The molecule has 0 aromatic heterocycles. The maximum Gasteiger partial charge on any atom is 0.122 e. The molecule has 2 atom stereocenters. The number of rotatable bonds is 4. The smallest absolute Gasteiger partial charge is 0.122 e. The second kappa shape index (κ2) is 6.92. The summed E-state index contributed by atoms with van der Waals surface area (Å²) < 4.78 is 0. The van der Waals surface area contributed by atoms with Gasteiger partial charge in [-0.2, -0.15) is 0 Å². The number of aliphatic hydroxyl groups is 1. The quantitative estimate of drug-likeness (QED) is 0.732. The molecule has 1 aromatic rings. The average molecular weight is 263 g/mol. The van der Waals surface area contributed by atoms with Crippen LogP contribution < -0.4 is 5.32 Å². The summed E-state index contributed by atoms with van der Waals surface area (Å²) in [6.45, 7) is 2.85. The number of phenolic OH excluding ortho intramolecular Hbond substituents is 1. The molecule has 106 valence electrons. The molecule has 0 saturated heterocycles. The molecule has 0 bridgehead atoms. The van der Waals surface area contributed by atoms with Crippen molar-refractivity contribution in [3.05, 3.63) is 29.3 Å². The van der Waals surface area contributed by atoms with E-state index in [4.69, 9.17) is 0 Å². The van der Waals surface area contributed by atoms with Crippen molar-refractivity contribution in [2.24, 2.45) is 5.92 Å². The van der Waals surface area contributed by atoms with Crippen LogP contribution in [0.3, 0.4) is 0 Å². The van der Waals surface area contributed by atoms with Gasteiger partial charge >= 0.3 is 0 Å². The van der Waals surface area contributed by atoms with Crippen molar-refractivity contribution in [1.82, 2.24) is 5.32 Å². The summed E-state index contributed by atoms with van der Waals surface area (Å²) in [5, 5.41) is 23.0. The highest BCUT2D eigenvalue weighted by Crippen LogP contribution is 2.25. The number of nitrogens with one attached hydrogen (secondary N) is 1. The monoisotopic (exact) mass is 263 g/mol. The van der Waals surface area contributed by atoms with Crippen LogP contribution in [0.4, 0.5) is 0 Å². The van der Waals surface area contributed by atoms with Crippen LogP contribution in [0.5, 0.6) is 5.75 Å². The zero-order valence-electron chi connectivity index (χ0n) is 11.7. The number of para-hydroxylation sites is 1. The first kappa shape index (κ1) is 14.4. The molecule has 0 radical (unpaired) electrons. The number of hydrogen-bond acceptors (Lipinski definition) is 3. The molecule has 1 aromatic carbocycles. The topological polar surface area (TPSA) is 52.5 Å². The van der Waals surface area contributed by atoms with Crippen LogP contribution in [-0.4, -0.2) is 22.9 Å². The predicted octanol–water partition coefficient (Wildman–Crippen LogP) is 2.73. The molecular weight excluding hydrogens is 238 g/mol. The van der Waals surface area contributed by atoms with Crippen molar-refractivity contribution < 1.29 is 10.2 Å². The second-order valence-electron chi connectivity index (χ2n) is 5.65. The molecule has 2 rings (SSSR count). The van der Waals surface area contributed by atoms with E-state index in [9.17, 15) is 10.2 Å². The van der Waals surface area contributed by atoms with Crippen LogP contribution in [0.15, 0.2) is 18.2 Å². The van der Waals surface area contributed by atoms with Gasteiger partial charge in [0.05, 0.1) is 0 Å². The third-order valence-corrected chi connectivity index (χ3v) is 4.27. The average Bonchev–Trinajstić information content (AvgIpc) is 2.65. The van der Waals surface area contributed by atoms with E-state index in [1.165, 1.54) is 19.3 Å². The minimum absolute atomic E-state index is 0.261. The van der Waals surface area contributed by atoms with Gasteiger partial charge in [0.2, 0.25) is 0 Å². The minimum atomic E-state index is 0.261. The summed E-state index contributed by atoms with van der Waals surface area (Å²) in [6, 6.07) is 6.22. The van der Waals surface area contributed by atoms with E-state index in [0.29, 0.717) is 24.3 Å². The number of aliphatic hydroxyl groups excluding tert-OH is 1. The molecule has 0 aliphatic heterocycles. The van der Waals surface area contributed by atoms with Gasteiger partial charge in [-0.15, -0.1) is 0 Å². The first-order chi connectivity index (χ1) is 9.22. The lowest BCUT2D eigenvalue weighted by atomic mass is 9.95. The van der Waals surface area contributed by atoms with Crippen molar-refractivity contribution in [3.8, 4) is 5.75 Å². The Morgan fingerprint density at radius 3 is 2.79 bits per heavy atom. The third-order valence-electron chi connectivity index (χ3n) is 4.27. The van der Waals surface area contributed by atoms with Crippen LogP contribution in [0.2, 0.25) is 0 Å². The molecule has 19 heavy (non-hydrogen) atoms. The Balaban J connectivity index is 1.98. The Kier molecular flexibility index (Phi) is 5.23. The van der Waals surface area contributed by atoms with Crippen LogP contribution in [0.25, 0.3) is 0 Å². The maximum atomic E-state index is 10.0. The van der Waals surface area contributed by atoms with Crippen LogP contribution in [0, 0.1) is 12.8 Å². The van der Waals surface area contributed by atoms with Gasteiger partial charge in [-0.25, -0.2) is 0 Å². The zero-order chi connectivity index (χ0) is 13.7. The number of hydrogen-bond donors (Lipinski definition) is 3. The second-order valence-corrected chi connectivity index (χ2v) is 5.65. The molecular formula is C16H25NO2. The minimum Gasteiger partial charge on any atom is -0.507 e. The third kappa shape index (κ3) is 3.71. The fourth-order valence-electron chi connectivity index (χ4n) is 2.98. The Morgan fingerprint density at radius 1 is 1.21 bits per heavy atom. The maximum absolute atomic E-state index is 10.0. The summed E-state index contributed by atoms with van der Waals surface area (Å²) in [5.41, 5.74) is 1.86. The van der Waals surface area contributed by atoms with Crippen LogP contribution >= 0.6 is 0 Å². The molecule has 1 saturated carbocycles. The van der Waals surface area contributed by atoms with E-state index in [-0.39, 0.29) is 6.61 Å². The number of phenols is 1. The standard InChI is InChI=1S/C16H25NO2/c1-12-6-5-8-13(16(12)19)10-17-15-9-4-2-3-7-14(15)11-18/h5-6,8,14-15,17-19H,2-4,7,9-11H2,1H3. The van der Waals surface area contributed by atoms with Gasteiger partial charge in [-0.3, -0.25) is 0 Å². The zero-order valence-corrected chi connectivity index (χ0v) is 11.7. The van der Waals surface area contributed by atoms with E-state index in [1.807, 2.05) is 25.1 Å². The summed E-state index contributed by atoms with van der Waals surface area (Å²) in [4.78, 5) is 0. The summed E-state index contributed by atoms with van der Waals surface area (Å²) in [5.74, 6) is 0.749. The Labute approximate surface area is 115 Å². The van der Waals surface area contributed by atoms with E-state index in [1.54, 1.807) is 0 Å². The number of aromatic hydroxyl groups is 1. The van der Waals surface area contributed by atoms with Crippen molar-refractivity contribution in [2.45, 2.75) is 51.6 Å².